The average Bonchev–Trinajstić information content (AvgIpc) is 3.13. The Morgan fingerprint density at radius 1 is 1.03 bits per heavy atom. The van der Waals surface area contributed by atoms with Crippen LogP contribution in [0.2, 0.25) is 0 Å². The molecule has 0 radical (unpaired) electrons. The zero-order chi connectivity index (χ0) is 24.1. The van der Waals surface area contributed by atoms with Crippen LogP contribution >= 0.6 is 0 Å². The minimum absolute atomic E-state index is 0.0370. The van der Waals surface area contributed by atoms with Crippen molar-refractivity contribution in [1.82, 2.24) is 15.7 Å². The number of amides is 2. The highest BCUT2D eigenvalue weighted by molar-refractivity contribution is 5.80. The number of likely N-dealkylation sites (tertiary alicyclic amines) is 1. The summed E-state index contributed by atoms with van der Waals surface area (Å²) in [6.45, 7) is 0.949. The molecule has 3 N–H and O–H groups in total. The Morgan fingerprint density at radius 3 is 2.21 bits per heavy atom. The van der Waals surface area contributed by atoms with E-state index in [1.54, 1.807) is 0 Å². The molecule has 1 fully saturated rings. The fourth-order valence-corrected chi connectivity index (χ4v) is 4.77. The Labute approximate surface area is 198 Å². The lowest BCUT2D eigenvalue weighted by Gasteiger charge is -2.40. The maximum Gasteiger partial charge on any atom is 0.407 e. The smallest absolute Gasteiger partial charge is 0.407 e. The van der Waals surface area contributed by atoms with E-state index < -0.39 is 30.1 Å². The number of hydrogen-bond donors (Lipinski definition) is 3. The van der Waals surface area contributed by atoms with Crippen LogP contribution in [0.15, 0.2) is 48.5 Å². The molecule has 1 heterocycles. The van der Waals surface area contributed by atoms with E-state index in [-0.39, 0.29) is 18.9 Å². The first-order valence-corrected chi connectivity index (χ1v) is 11.3. The third-order valence-corrected chi connectivity index (χ3v) is 6.54. The van der Waals surface area contributed by atoms with E-state index in [4.69, 9.17) is 14.7 Å². The van der Waals surface area contributed by atoms with Gasteiger partial charge in [-0.15, -0.1) is 0 Å². The van der Waals surface area contributed by atoms with Crippen LogP contribution in [0.25, 0.3) is 11.1 Å². The van der Waals surface area contributed by atoms with E-state index in [0.717, 1.165) is 22.3 Å². The summed E-state index contributed by atoms with van der Waals surface area (Å²) in [5, 5.41) is 11.6. The molecule has 1 saturated heterocycles. The SMILES string of the molecule is CN1CCC(CC(=O)NOCC(=O)O)(NC(=O)OCC2c3ccccc3-c3ccccc32)CC1. The zero-order valence-corrected chi connectivity index (χ0v) is 19.1. The lowest BCUT2D eigenvalue weighted by Crippen LogP contribution is -2.56. The van der Waals surface area contributed by atoms with Gasteiger partial charge in [0.05, 0.1) is 12.0 Å². The van der Waals surface area contributed by atoms with Gasteiger partial charge in [-0.3, -0.25) is 9.63 Å². The Balaban J connectivity index is 1.40. The number of carbonyl (C=O) groups is 3. The molecule has 2 amide bonds. The van der Waals surface area contributed by atoms with Gasteiger partial charge in [0.15, 0.2) is 6.61 Å². The molecule has 0 aromatic heterocycles. The van der Waals surface area contributed by atoms with Crippen LogP contribution in [0.5, 0.6) is 0 Å². The van der Waals surface area contributed by atoms with Gasteiger partial charge in [0.25, 0.3) is 0 Å². The third kappa shape index (κ3) is 5.37. The van der Waals surface area contributed by atoms with Crippen molar-refractivity contribution in [2.75, 3.05) is 33.4 Å². The lowest BCUT2D eigenvalue weighted by atomic mass is 9.84. The zero-order valence-electron chi connectivity index (χ0n) is 19.1. The number of carboxylic acids is 1. The predicted octanol–water partition coefficient (Wildman–Crippen LogP) is 2.51. The summed E-state index contributed by atoms with van der Waals surface area (Å²) in [5.41, 5.74) is 5.89. The van der Waals surface area contributed by atoms with Crippen molar-refractivity contribution in [2.24, 2.45) is 0 Å². The Bertz CT molecular complexity index is 1020. The van der Waals surface area contributed by atoms with Crippen LogP contribution < -0.4 is 10.8 Å². The monoisotopic (exact) mass is 467 g/mol. The van der Waals surface area contributed by atoms with Gasteiger partial charge >= 0.3 is 12.1 Å². The number of rotatable bonds is 8. The first-order chi connectivity index (χ1) is 16.4. The number of carbonyl (C=O) groups excluding carboxylic acids is 2. The van der Waals surface area contributed by atoms with Gasteiger partial charge < -0.3 is 20.1 Å². The second-order valence-corrected chi connectivity index (χ2v) is 8.92. The van der Waals surface area contributed by atoms with Crippen LogP contribution in [-0.2, 0) is 19.2 Å². The maximum atomic E-state index is 12.9. The van der Waals surface area contributed by atoms with E-state index in [9.17, 15) is 14.4 Å². The van der Waals surface area contributed by atoms with Crippen molar-refractivity contribution in [2.45, 2.75) is 30.7 Å². The molecule has 0 saturated carbocycles. The number of nitrogens with zero attached hydrogens (tertiary/aromatic N) is 1. The van der Waals surface area contributed by atoms with Crippen LogP contribution in [-0.4, -0.2) is 66.9 Å². The first kappa shape index (κ1) is 23.7. The van der Waals surface area contributed by atoms with Crippen molar-refractivity contribution in [1.29, 1.82) is 0 Å². The summed E-state index contributed by atoms with van der Waals surface area (Å²) in [6, 6.07) is 16.2. The minimum atomic E-state index is -1.19. The molecule has 34 heavy (non-hydrogen) atoms. The van der Waals surface area contributed by atoms with Gasteiger partial charge in [-0.05, 0) is 42.1 Å². The van der Waals surface area contributed by atoms with E-state index in [2.05, 4.69) is 40.0 Å². The third-order valence-electron chi connectivity index (χ3n) is 6.54. The Morgan fingerprint density at radius 2 is 1.62 bits per heavy atom. The second kappa shape index (κ2) is 10.2. The standard InChI is InChI=1S/C25H29N3O6/c1-28-12-10-25(11-13-28,14-22(29)27-34-16-23(30)31)26-24(32)33-15-21-19-8-4-2-6-17(19)18-7-3-5-9-20(18)21/h2-9,21H,10-16H2,1H3,(H,26,32)(H,27,29)(H,30,31). The van der Waals surface area contributed by atoms with Gasteiger partial charge in [0, 0.05) is 19.0 Å². The van der Waals surface area contributed by atoms with Gasteiger partial charge in [-0.1, -0.05) is 48.5 Å². The molecule has 4 rings (SSSR count). The number of piperidine rings is 1. The fourth-order valence-electron chi connectivity index (χ4n) is 4.77. The summed E-state index contributed by atoms with van der Waals surface area (Å²) in [6.07, 6.45) is 0.496. The maximum absolute atomic E-state index is 12.9. The van der Waals surface area contributed by atoms with Gasteiger partial charge in [0.1, 0.15) is 6.61 Å². The molecule has 2 aromatic rings. The predicted molar refractivity (Wildman–Crippen MR) is 124 cm³/mol. The highest BCUT2D eigenvalue weighted by Gasteiger charge is 2.38. The topological polar surface area (TPSA) is 117 Å². The van der Waals surface area contributed by atoms with Crippen molar-refractivity contribution in [3.05, 3.63) is 59.7 Å². The molecule has 0 bridgehead atoms. The molecule has 9 heteroatoms. The molecular weight excluding hydrogens is 438 g/mol. The fraction of sp³-hybridized carbons (Fsp3) is 0.400. The Kier molecular flexibility index (Phi) is 7.14. The molecular formula is C25H29N3O6. The van der Waals surface area contributed by atoms with Crippen molar-refractivity contribution in [3.63, 3.8) is 0 Å². The summed E-state index contributed by atoms with van der Waals surface area (Å²) in [4.78, 5) is 42.7. The van der Waals surface area contributed by atoms with Crippen LogP contribution in [0.4, 0.5) is 4.79 Å². The number of hydroxylamine groups is 1. The van der Waals surface area contributed by atoms with Crippen LogP contribution in [0, 0.1) is 0 Å². The highest BCUT2D eigenvalue weighted by Crippen LogP contribution is 2.44. The second-order valence-electron chi connectivity index (χ2n) is 8.92. The number of ether oxygens (including phenoxy) is 1. The number of alkyl carbamates (subject to hydrolysis) is 1. The summed E-state index contributed by atoms with van der Waals surface area (Å²) in [5.74, 6) is -1.74. The number of fused-ring (bicyclic) bond motifs is 3. The summed E-state index contributed by atoms with van der Waals surface area (Å²) < 4.78 is 5.68. The molecule has 1 aliphatic carbocycles. The number of nitrogens with one attached hydrogen (secondary N) is 2. The molecule has 0 atom stereocenters. The largest absolute Gasteiger partial charge is 0.479 e. The molecule has 0 unspecified atom stereocenters. The van der Waals surface area contributed by atoms with Crippen molar-refractivity contribution in [3.8, 4) is 11.1 Å². The van der Waals surface area contributed by atoms with E-state index in [1.807, 2.05) is 31.3 Å². The number of benzene rings is 2. The number of hydrogen-bond acceptors (Lipinski definition) is 6. The molecule has 9 nitrogen and oxygen atoms in total. The lowest BCUT2D eigenvalue weighted by molar-refractivity contribution is -0.149. The molecule has 2 aliphatic rings. The number of carboxylic acid groups (broad SMARTS) is 1. The molecule has 0 spiro atoms. The van der Waals surface area contributed by atoms with Gasteiger partial charge in [-0.25, -0.2) is 15.1 Å². The Hall–Kier alpha value is -3.43. The van der Waals surface area contributed by atoms with Crippen LogP contribution in [0.1, 0.15) is 36.3 Å². The van der Waals surface area contributed by atoms with Crippen molar-refractivity contribution >= 4 is 18.0 Å². The van der Waals surface area contributed by atoms with Gasteiger partial charge in [-0.2, -0.15) is 0 Å². The summed E-state index contributed by atoms with van der Waals surface area (Å²) in [7, 11) is 1.98. The van der Waals surface area contributed by atoms with Crippen LogP contribution in [0.3, 0.4) is 0 Å². The van der Waals surface area contributed by atoms with E-state index in [1.165, 1.54) is 0 Å². The normalized spacial score (nSPS) is 16.9. The van der Waals surface area contributed by atoms with Gasteiger partial charge in [0.2, 0.25) is 5.91 Å². The molecule has 180 valence electrons. The summed E-state index contributed by atoms with van der Waals surface area (Å²) >= 11 is 0. The number of aliphatic carboxylic acids is 1. The molecule has 2 aromatic carbocycles. The van der Waals surface area contributed by atoms with Crippen molar-refractivity contribution < 1.29 is 29.1 Å². The van der Waals surface area contributed by atoms with E-state index >= 15 is 0 Å². The highest BCUT2D eigenvalue weighted by atomic mass is 16.7. The van der Waals surface area contributed by atoms with E-state index in [0.29, 0.717) is 25.9 Å². The molecule has 1 aliphatic heterocycles. The first-order valence-electron chi connectivity index (χ1n) is 11.3. The minimum Gasteiger partial charge on any atom is -0.479 e. The quantitative estimate of drug-likeness (QED) is 0.511. The average molecular weight is 468 g/mol.